The minimum atomic E-state index is -0.603. The van der Waals surface area contributed by atoms with E-state index in [1.165, 1.54) is 6.07 Å². The summed E-state index contributed by atoms with van der Waals surface area (Å²) in [4.78, 5) is 22.6. The molecule has 0 amide bonds. The average Bonchev–Trinajstić information content (AvgIpc) is 2.78. The first-order valence-electron chi connectivity index (χ1n) is 6.76. The molecule has 0 aliphatic carbocycles. The third-order valence-electron chi connectivity index (χ3n) is 3.51. The Morgan fingerprint density at radius 3 is 2.59 bits per heavy atom. The first kappa shape index (κ1) is 15.7. The molecule has 1 atom stereocenters. The van der Waals surface area contributed by atoms with Gasteiger partial charge in [-0.2, -0.15) is 5.10 Å². The molecule has 0 spiro atoms. The quantitative estimate of drug-likeness (QED) is 0.492. The number of rotatable bonds is 4. The fourth-order valence-corrected chi connectivity index (χ4v) is 2.03. The highest BCUT2D eigenvalue weighted by atomic mass is 16.6. The fraction of sp³-hybridized carbons (Fsp3) is 0.333. The van der Waals surface area contributed by atoms with Crippen molar-refractivity contribution in [2.24, 2.45) is 7.05 Å². The van der Waals surface area contributed by atoms with Gasteiger partial charge >= 0.3 is 5.97 Å². The maximum atomic E-state index is 12.0. The zero-order chi connectivity index (χ0) is 16.4. The summed E-state index contributed by atoms with van der Waals surface area (Å²) in [5.41, 5.74) is 2.19. The molecule has 0 aliphatic heterocycles. The Labute approximate surface area is 127 Å². The van der Waals surface area contributed by atoms with Crippen molar-refractivity contribution < 1.29 is 14.5 Å². The van der Waals surface area contributed by atoms with E-state index in [0.29, 0.717) is 11.1 Å². The average molecular weight is 303 g/mol. The number of nitro benzene ring substituents is 1. The van der Waals surface area contributed by atoms with E-state index in [1.54, 1.807) is 43.8 Å². The Kier molecular flexibility index (Phi) is 4.25. The SMILES string of the molecule is Cc1ccc([C@@H](C)OC(=O)c2cc(C)n(C)n2)cc1[N+](=O)[O-]. The number of carbonyl (C=O) groups is 1. The van der Waals surface area contributed by atoms with E-state index in [1.807, 2.05) is 6.92 Å². The molecule has 0 aliphatic rings. The lowest BCUT2D eigenvalue weighted by Crippen LogP contribution is -2.10. The molecule has 0 radical (unpaired) electrons. The van der Waals surface area contributed by atoms with Crippen LogP contribution in [0.15, 0.2) is 24.3 Å². The number of esters is 1. The van der Waals surface area contributed by atoms with E-state index in [-0.39, 0.29) is 11.4 Å². The number of aryl methyl sites for hydroxylation is 3. The van der Waals surface area contributed by atoms with Gasteiger partial charge in [-0.1, -0.05) is 12.1 Å². The first-order valence-corrected chi connectivity index (χ1v) is 6.76. The van der Waals surface area contributed by atoms with Crippen LogP contribution < -0.4 is 0 Å². The molecule has 0 saturated carbocycles. The van der Waals surface area contributed by atoms with Gasteiger partial charge in [-0.25, -0.2) is 4.79 Å². The topological polar surface area (TPSA) is 87.3 Å². The van der Waals surface area contributed by atoms with Gasteiger partial charge in [0.25, 0.3) is 5.69 Å². The van der Waals surface area contributed by atoms with Crippen LogP contribution in [0.5, 0.6) is 0 Å². The maximum Gasteiger partial charge on any atom is 0.359 e. The molecule has 1 aromatic heterocycles. The van der Waals surface area contributed by atoms with Crippen LogP contribution in [0, 0.1) is 24.0 Å². The number of carbonyl (C=O) groups excluding carboxylic acids is 1. The van der Waals surface area contributed by atoms with Gasteiger partial charge in [-0.3, -0.25) is 14.8 Å². The summed E-state index contributed by atoms with van der Waals surface area (Å²) in [5.74, 6) is -0.556. The van der Waals surface area contributed by atoms with Crippen LogP contribution in [0.4, 0.5) is 5.69 Å². The van der Waals surface area contributed by atoms with Gasteiger partial charge in [0.15, 0.2) is 5.69 Å². The molecule has 1 aromatic carbocycles. The molecule has 7 heteroatoms. The van der Waals surface area contributed by atoms with Crippen molar-refractivity contribution in [3.8, 4) is 0 Å². The predicted octanol–water partition coefficient (Wildman–Crippen LogP) is 2.86. The molecule has 0 unspecified atom stereocenters. The van der Waals surface area contributed by atoms with Gasteiger partial charge in [0.05, 0.1) is 4.92 Å². The molecule has 22 heavy (non-hydrogen) atoms. The van der Waals surface area contributed by atoms with Gasteiger partial charge in [0, 0.05) is 24.4 Å². The second-order valence-corrected chi connectivity index (χ2v) is 5.15. The Hall–Kier alpha value is -2.70. The van der Waals surface area contributed by atoms with Gasteiger partial charge in [0.2, 0.25) is 0 Å². The number of ether oxygens (including phenoxy) is 1. The largest absolute Gasteiger partial charge is 0.453 e. The van der Waals surface area contributed by atoms with E-state index in [0.717, 1.165) is 5.69 Å². The highest BCUT2D eigenvalue weighted by Crippen LogP contribution is 2.25. The van der Waals surface area contributed by atoms with Crippen molar-refractivity contribution in [3.63, 3.8) is 0 Å². The lowest BCUT2D eigenvalue weighted by atomic mass is 10.1. The fourth-order valence-electron chi connectivity index (χ4n) is 2.03. The van der Waals surface area contributed by atoms with Crippen molar-refractivity contribution in [1.82, 2.24) is 9.78 Å². The summed E-state index contributed by atoms with van der Waals surface area (Å²) in [7, 11) is 1.73. The van der Waals surface area contributed by atoms with E-state index < -0.39 is 17.0 Å². The second kappa shape index (κ2) is 5.97. The number of hydrogen-bond donors (Lipinski definition) is 0. The van der Waals surface area contributed by atoms with Crippen LogP contribution in [0.2, 0.25) is 0 Å². The highest BCUT2D eigenvalue weighted by Gasteiger charge is 2.19. The molecule has 0 N–H and O–H groups in total. The third kappa shape index (κ3) is 3.13. The highest BCUT2D eigenvalue weighted by molar-refractivity contribution is 5.87. The normalized spacial score (nSPS) is 12.0. The van der Waals surface area contributed by atoms with Crippen LogP contribution in [0.25, 0.3) is 0 Å². The van der Waals surface area contributed by atoms with Gasteiger partial charge in [-0.05, 0) is 32.4 Å². The zero-order valence-corrected chi connectivity index (χ0v) is 12.9. The molecule has 0 fully saturated rings. The van der Waals surface area contributed by atoms with Crippen LogP contribution in [-0.4, -0.2) is 20.7 Å². The number of benzene rings is 1. The number of hydrogen-bond acceptors (Lipinski definition) is 5. The van der Waals surface area contributed by atoms with Gasteiger partial charge in [-0.15, -0.1) is 0 Å². The smallest absolute Gasteiger partial charge is 0.359 e. The Morgan fingerprint density at radius 1 is 1.36 bits per heavy atom. The lowest BCUT2D eigenvalue weighted by molar-refractivity contribution is -0.385. The summed E-state index contributed by atoms with van der Waals surface area (Å²) in [6.07, 6.45) is -0.603. The molecular weight excluding hydrogens is 286 g/mol. The number of nitro groups is 1. The molecule has 116 valence electrons. The molecule has 7 nitrogen and oxygen atoms in total. The minimum absolute atomic E-state index is 0.00841. The van der Waals surface area contributed by atoms with Crippen molar-refractivity contribution in [3.05, 3.63) is 56.9 Å². The van der Waals surface area contributed by atoms with Gasteiger partial charge < -0.3 is 4.74 Å². The van der Waals surface area contributed by atoms with Crippen molar-refractivity contribution in [2.45, 2.75) is 26.9 Å². The summed E-state index contributed by atoms with van der Waals surface area (Å²) in [6.45, 7) is 5.16. The molecular formula is C15H17N3O4. The van der Waals surface area contributed by atoms with E-state index in [9.17, 15) is 14.9 Å². The van der Waals surface area contributed by atoms with Crippen molar-refractivity contribution in [1.29, 1.82) is 0 Å². The van der Waals surface area contributed by atoms with E-state index in [2.05, 4.69) is 5.10 Å². The maximum absolute atomic E-state index is 12.0. The Bertz CT molecular complexity index is 717. The third-order valence-corrected chi connectivity index (χ3v) is 3.51. The zero-order valence-electron chi connectivity index (χ0n) is 12.9. The lowest BCUT2D eigenvalue weighted by Gasteiger charge is -2.13. The minimum Gasteiger partial charge on any atom is -0.453 e. The van der Waals surface area contributed by atoms with Crippen LogP contribution in [0.1, 0.15) is 40.3 Å². The van der Waals surface area contributed by atoms with Crippen LogP contribution >= 0.6 is 0 Å². The summed E-state index contributed by atoms with van der Waals surface area (Å²) < 4.78 is 6.91. The van der Waals surface area contributed by atoms with Crippen molar-refractivity contribution in [2.75, 3.05) is 0 Å². The van der Waals surface area contributed by atoms with E-state index in [4.69, 9.17) is 4.74 Å². The van der Waals surface area contributed by atoms with Crippen LogP contribution in [0.3, 0.4) is 0 Å². The first-order chi connectivity index (χ1) is 10.3. The van der Waals surface area contributed by atoms with Crippen LogP contribution in [-0.2, 0) is 11.8 Å². The Morgan fingerprint density at radius 2 is 2.05 bits per heavy atom. The molecule has 2 rings (SSSR count). The predicted molar refractivity (Wildman–Crippen MR) is 79.6 cm³/mol. The number of nitrogens with zero attached hydrogens (tertiary/aromatic N) is 3. The summed E-state index contributed by atoms with van der Waals surface area (Å²) in [5, 5.41) is 15.0. The summed E-state index contributed by atoms with van der Waals surface area (Å²) >= 11 is 0. The molecule has 1 heterocycles. The number of aromatic nitrogens is 2. The second-order valence-electron chi connectivity index (χ2n) is 5.15. The standard InChI is InChI=1S/C15H17N3O4/c1-9-5-6-12(8-14(9)18(20)21)11(3)22-15(19)13-7-10(2)17(4)16-13/h5-8,11H,1-4H3/t11-/m1/s1. The molecule has 2 aromatic rings. The monoisotopic (exact) mass is 303 g/mol. The summed E-state index contributed by atoms with van der Waals surface area (Å²) in [6, 6.07) is 6.41. The molecule has 0 saturated heterocycles. The van der Waals surface area contributed by atoms with Gasteiger partial charge in [0.1, 0.15) is 6.10 Å². The van der Waals surface area contributed by atoms with Crippen molar-refractivity contribution >= 4 is 11.7 Å². The van der Waals surface area contributed by atoms with E-state index >= 15 is 0 Å². The Balaban J connectivity index is 2.18. The molecule has 0 bridgehead atoms.